The number of hydrogen-bond acceptors (Lipinski definition) is 2. The monoisotopic (exact) mass is 213 g/mol. The van der Waals surface area contributed by atoms with Crippen LogP contribution in [0.2, 0.25) is 0 Å². The van der Waals surface area contributed by atoms with E-state index >= 15 is 0 Å². The fourth-order valence-corrected chi connectivity index (χ4v) is 2.31. The molecule has 0 aromatic heterocycles. The van der Waals surface area contributed by atoms with Crippen molar-refractivity contribution >= 4 is 0 Å². The van der Waals surface area contributed by atoms with Crippen molar-refractivity contribution in [2.75, 3.05) is 13.7 Å². The average molecular weight is 213 g/mol. The number of methoxy groups -OCH3 is 1. The first-order chi connectivity index (χ1) is 7.07. The average Bonchev–Trinajstić information content (AvgIpc) is 2.27. The maximum atomic E-state index is 5.42. The van der Waals surface area contributed by atoms with Crippen molar-refractivity contribution in [3.8, 4) is 0 Å². The van der Waals surface area contributed by atoms with Crippen LogP contribution >= 0.6 is 0 Å². The first-order valence-electron chi connectivity index (χ1n) is 6.36. The van der Waals surface area contributed by atoms with Gasteiger partial charge < -0.3 is 10.1 Å². The summed E-state index contributed by atoms with van der Waals surface area (Å²) in [5.41, 5.74) is -0.0286. The molecule has 1 N–H and O–H groups in total. The van der Waals surface area contributed by atoms with Crippen LogP contribution in [-0.2, 0) is 4.74 Å². The second kappa shape index (κ2) is 5.86. The normalized spacial score (nSPS) is 28.0. The van der Waals surface area contributed by atoms with Gasteiger partial charge in [-0.15, -0.1) is 0 Å². The Hall–Kier alpha value is -0.0800. The van der Waals surface area contributed by atoms with Crippen LogP contribution in [0.5, 0.6) is 0 Å². The number of ether oxygens (including phenoxy) is 1. The van der Waals surface area contributed by atoms with Gasteiger partial charge in [0, 0.05) is 19.7 Å². The summed E-state index contributed by atoms with van der Waals surface area (Å²) in [5, 5.41) is 3.65. The van der Waals surface area contributed by atoms with Crippen molar-refractivity contribution in [3.05, 3.63) is 0 Å². The van der Waals surface area contributed by atoms with Gasteiger partial charge in [0.1, 0.15) is 0 Å². The lowest BCUT2D eigenvalue weighted by molar-refractivity contribution is 0.0193. The first-order valence-corrected chi connectivity index (χ1v) is 6.36. The zero-order valence-electron chi connectivity index (χ0n) is 10.8. The van der Waals surface area contributed by atoms with E-state index in [0.29, 0.717) is 0 Å². The van der Waals surface area contributed by atoms with Gasteiger partial charge in [0.25, 0.3) is 0 Å². The van der Waals surface area contributed by atoms with E-state index in [1.54, 1.807) is 7.11 Å². The maximum absolute atomic E-state index is 5.42. The summed E-state index contributed by atoms with van der Waals surface area (Å²) in [6.45, 7) is 7.55. The van der Waals surface area contributed by atoms with E-state index in [0.717, 1.165) is 18.5 Å². The van der Waals surface area contributed by atoms with Crippen LogP contribution in [0.3, 0.4) is 0 Å². The Morgan fingerprint density at radius 3 is 2.67 bits per heavy atom. The van der Waals surface area contributed by atoms with Crippen molar-refractivity contribution in [2.24, 2.45) is 5.92 Å². The van der Waals surface area contributed by atoms with Gasteiger partial charge in [0.15, 0.2) is 0 Å². The van der Waals surface area contributed by atoms with E-state index in [1.807, 2.05) is 0 Å². The predicted molar refractivity (Wildman–Crippen MR) is 65.1 cm³/mol. The summed E-state index contributed by atoms with van der Waals surface area (Å²) in [4.78, 5) is 0. The Morgan fingerprint density at radius 2 is 2.07 bits per heavy atom. The highest BCUT2D eigenvalue weighted by Gasteiger charge is 2.23. The van der Waals surface area contributed by atoms with E-state index in [-0.39, 0.29) is 5.60 Å². The minimum atomic E-state index is -0.0286. The number of nitrogens with one attached hydrogen (secondary N) is 1. The molecule has 2 nitrogen and oxygen atoms in total. The van der Waals surface area contributed by atoms with Gasteiger partial charge in [0.05, 0.1) is 5.60 Å². The van der Waals surface area contributed by atoms with E-state index in [2.05, 4.69) is 26.1 Å². The quantitative estimate of drug-likeness (QED) is 0.758. The molecule has 1 aliphatic rings. The lowest BCUT2D eigenvalue weighted by atomic mass is 9.84. The van der Waals surface area contributed by atoms with Crippen LogP contribution in [-0.4, -0.2) is 25.3 Å². The molecule has 1 saturated carbocycles. The molecule has 2 heteroatoms. The molecule has 1 aliphatic carbocycles. The Bertz CT molecular complexity index is 179. The molecule has 0 aromatic carbocycles. The van der Waals surface area contributed by atoms with Crippen LogP contribution < -0.4 is 5.32 Å². The molecule has 90 valence electrons. The Kier molecular flexibility index (Phi) is 5.07. The molecule has 2 atom stereocenters. The standard InChI is InChI=1S/C13H27NO/c1-5-11-7-6-8-12(9-11)14-10-13(2,3)15-4/h11-12,14H,5-10H2,1-4H3. The fraction of sp³-hybridized carbons (Fsp3) is 1.00. The summed E-state index contributed by atoms with van der Waals surface area (Å²) in [7, 11) is 1.79. The van der Waals surface area contributed by atoms with Gasteiger partial charge in [-0.05, 0) is 32.6 Å². The molecule has 0 radical (unpaired) electrons. The maximum Gasteiger partial charge on any atom is 0.0746 e. The molecule has 0 amide bonds. The lowest BCUT2D eigenvalue weighted by Gasteiger charge is -2.32. The largest absolute Gasteiger partial charge is 0.377 e. The highest BCUT2D eigenvalue weighted by Crippen LogP contribution is 2.26. The van der Waals surface area contributed by atoms with Gasteiger partial charge in [-0.25, -0.2) is 0 Å². The smallest absolute Gasteiger partial charge is 0.0746 e. The van der Waals surface area contributed by atoms with E-state index in [4.69, 9.17) is 4.74 Å². The third kappa shape index (κ3) is 4.52. The third-order valence-electron chi connectivity index (χ3n) is 3.73. The summed E-state index contributed by atoms with van der Waals surface area (Å²) in [6, 6.07) is 0.720. The highest BCUT2D eigenvalue weighted by molar-refractivity contribution is 4.80. The zero-order valence-corrected chi connectivity index (χ0v) is 10.8. The topological polar surface area (TPSA) is 21.3 Å². The Morgan fingerprint density at radius 1 is 1.33 bits per heavy atom. The van der Waals surface area contributed by atoms with Crippen molar-refractivity contribution in [2.45, 2.75) is 64.5 Å². The minimum Gasteiger partial charge on any atom is -0.377 e. The highest BCUT2D eigenvalue weighted by atomic mass is 16.5. The summed E-state index contributed by atoms with van der Waals surface area (Å²) in [5.74, 6) is 0.946. The molecule has 0 aliphatic heterocycles. The lowest BCUT2D eigenvalue weighted by Crippen LogP contribution is -2.43. The molecule has 0 aromatic rings. The van der Waals surface area contributed by atoms with Crippen LogP contribution in [0.4, 0.5) is 0 Å². The van der Waals surface area contributed by atoms with Gasteiger partial charge in [-0.3, -0.25) is 0 Å². The van der Waals surface area contributed by atoms with Gasteiger partial charge in [-0.2, -0.15) is 0 Å². The van der Waals surface area contributed by atoms with E-state index in [1.165, 1.54) is 32.1 Å². The van der Waals surface area contributed by atoms with Gasteiger partial charge in [-0.1, -0.05) is 26.2 Å². The molecule has 0 heterocycles. The Labute approximate surface area is 94.8 Å². The molecule has 1 rings (SSSR count). The van der Waals surface area contributed by atoms with Crippen molar-refractivity contribution in [3.63, 3.8) is 0 Å². The third-order valence-corrected chi connectivity index (χ3v) is 3.73. The molecule has 0 spiro atoms. The molecule has 15 heavy (non-hydrogen) atoms. The fourth-order valence-electron chi connectivity index (χ4n) is 2.31. The van der Waals surface area contributed by atoms with Crippen molar-refractivity contribution in [1.82, 2.24) is 5.32 Å². The summed E-state index contributed by atoms with van der Waals surface area (Å²) >= 11 is 0. The molecule has 0 saturated heterocycles. The summed E-state index contributed by atoms with van der Waals surface area (Å²) in [6.07, 6.45) is 6.87. The molecule has 1 fully saturated rings. The van der Waals surface area contributed by atoms with Crippen molar-refractivity contribution in [1.29, 1.82) is 0 Å². The molecule has 2 unspecified atom stereocenters. The van der Waals surface area contributed by atoms with Crippen LogP contribution in [0, 0.1) is 5.92 Å². The molecular formula is C13H27NO. The van der Waals surface area contributed by atoms with Crippen molar-refractivity contribution < 1.29 is 4.74 Å². The Balaban J connectivity index is 2.26. The SMILES string of the molecule is CCC1CCCC(NCC(C)(C)OC)C1. The second-order valence-corrected chi connectivity index (χ2v) is 5.48. The number of rotatable bonds is 5. The van der Waals surface area contributed by atoms with Gasteiger partial charge >= 0.3 is 0 Å². The second-order valence-electron chi connectivity index (χ2n) is 5.48. The summed E-state index contributed by atoms with van der Waals surface area (Å²) < 4.78 is 5.42. The molecule has 0 bridgehead atoms. The van der Waals surface area contributed by atoms with E-state index in [9.17, 15) is 0 Å². The van der Waals surface area contributed by atoms with Crippen LogP contribution in [0.15, 0.2) is 0 Å². The molecular weight excluding hydrogens is 186 g/mol. The minimum absolute atomic E-state index is 0.0286. The number of hydrogen-bond donors (Lipinski definition) is 1. The van der Waals surface area contributed by atoms with Gasteiger partial charge in [0.2, 0.25) is 0 Å². The zero-order chi connectivity index (χ0) is 11.3. The first kappa shape index (κ1) is 13.0. The predicted octanol–water partition coefficient (Wildman–Crippen LogP) is 2.97. The van der Waals surface area contributed by atoms with E-state index < -0.39 is 0 Å². The van der Waals surface area contributed by atoms with Crippen LogP contribution in [0.25, 0.3) is 0 Å². The van der Waals surface area contributed by atoms with Crippen LogP contribution in [0.1, 0.15) is 52.9 Å².